The number of nitrogens with zero attached hydrogens (tertiary/aromatic N) is 1. The molecule has 0 saturated heterocycles. The van der Waals surface area contributed by atoms with Gasteiger partial charge in [-0.05, 0) is 24.1 Å². The molecule has 1 aliphatic carbocycles. The molecule has 1 aromatic rings. The van der Waals surface area contributed by atoms with Crippen molar-refractivity contribution in [3.63, 3.8) is 0 Å². The van der Waals surface area contributed by atoms with Gasteiger partial charge < -0.3 is 20.1 Å². The number of hydrogen-bond donors (Lipinski definition) is 3. The van der Waals surface area contributed by atoms with Gasteiger partial charge in [-0.25, -0.2) is 0 Å². The predicted octanol–water partition coefficient (Wildman–Crippen LogP) is -0.621. The summed E-state index contributed by atoms with van der Waals surface area (Å²) < 4.78 is 1.08. The van der Waals surface area contributed by atoms with Crippen molar-refractivity contribution < 1.29 is 19.8 Å². The summed E-state index contributed by atoms with van der Waals surface area (Å²) >= 11 is 0. The highest BCUT2D eigenvalue weighted by Gasteiger charge is 2.38. The summed E-state index contributed by atoms with van der Waals surface area (Å²) in [6, 6.07) is 1.15. The normalized spacial score (nSPS) is 20.4. The number of carbonyl (C=O) groups excluding carboxylic acids is 2. The average molecular weight is 302 g/mol. The number of aromatic nitrogens is 1. The summed E-state index contributed by atoms with van der Waals surface area (Å²) in [5, 5.41) is 21.7. The van der Waals surface area contributed by atoms with Crippen LogP contribution in [0.5, 0.6) is 0 Å². The standard InChI is InChI=1S/C15H14N2O5/c1-6-3-8(19)16-12-10(6)14(21)11-7(5-18)4-9(20)17(2)13(11)15(12)22/h3-4,8,16,18-19H,5H2,1-2H3. The largest absolute Gasteiger partial charge is 0.392 e. The number of rotatable bonds is 1. The molecule has 3 rings (SSSR count). The van der Waals surface area contributed by atoms with E-state index in [9.17, 15) is 24.6 Å². The van der Waals surface area contributed by atoms with Gasteiger partial charge in [-0.2, -0.15) is 0 Å². The highest BCUT2D eigenvalue weighted by atomic mass is 16.3. The minimum atomic E-state index is -1.07. The molecule has 7 nitrogen and oxygen atoms in total. The number of allylic oxidation sites excluding steroid dienone is 3. The zero-order valence-corrected chi connectivity index (χ0v) is 12.0. The quantitative estimate of drug-likeness (QED) is 0.638. The number of Topliss-reactive ketones (excluding diaryl/α,β-unsaturated/α-hetero) is 2. The number of dihydropyridines is 1. The summed E-state index contributed by atoms with van der Waals surface area (Å²) in [5.74, 6) is -0.997. The summed E-state index contributed by atoms with van der Waals surface area (Å²) in [7, 11) is 1.39. The molecule has 0 amide bonds. The zero-order valence-electron chi connectivity index (χ0n) is 12.0. The Bertz CT molecular complexity index is 844. The molecule has 0 spiro atoms. The third-order valence-electron chi connectivity index (χ3n) is 3.93. The molecule has 1 unspecified atom stereocenters. The first-order chi connectivity index (χ1) is 10.4. The number of aliphatic hydroxyl groups excluding tert-OH is 2. The summed E-state index contributed by atoms with van der Waals surface area (Å²) in [6.07, 6.45) is 0.352. The van der Waals surface area contributed by atoms with Crippen molar-refractivity contribution >= 4 is 11.6 Å². The molecule has 0 aromatic carbocycles. The molecule has 2 heterocycles. The van der Waals surface area contributed by atoms with Crippen LogP contribution >= 0.6 is 0 Å². The number of ketones is 2. The molecule has 3 N–H and O–H groups in total. The second-order valence-electron chi connectivity index (χ2n) is 5.30. The molecule has 1 atom stereocenters. The zero-order chi connectivity index (χ0) is 16.2. The van der Waals surface area contributed by atoms with Crippen molar-refractivity contribution in [1.82, 2.24) is 9.88 Å². The SMILES string of the molecule is CC1=CC(O)NC2=C1C(=O)c1c(CO)cc(=O)n(C)c1C2=O. The molecule has 22 heavy (non-hydrogen) atoms. The van der Waals surface area contributed by atoms with Crippen molar-refractivity contribution in [2.24, 2.45) is 7.05 Å². The van der Waals surface area contributed by atoms with Gasteiger partial charge in [-0.3, -0.25) is 14.4 Å². The Morgan fingerprint density at radius 3 is 2.59 bits per heavy atom. The van der Waals surface area contributed by atoms with E-state index in [1.807, 2.05) is 0 Å². The van der Waals surface area contributed by atoms with E-state index in [1.54, 1.807) is 6.92 Å². The Hall–Kier alpha value is -2.51. The van der Waals surface area contributed by atoms with E-state index in [-0.39, 0.29) is 28.1 Å². The van der Waals surface area contributed by atoms with Crippen molar-refractivity contribution in [2.75, 3.05) is 0 Å². The molecular formula is C15H14N2O5. The first-order valence-corrected chi connectivity index (χ1v) is 6.67. The molecule has 0 radical (unpaired) electrons. The smallest absolute Gasteiger partial charge is 0.251 e. The summed E-state index contributed by atoms with van der Waals surface area (Å²) in [5.41, 5.74) is 0.224. The van der Waals surface area contributed by atoms with E-state index < -0.39 is 30.0 Å². The molecule has 0 fully saturated rings. The van der Waals surface area contributed by atoms with Gasteiger partial charge in [0.2, 0.25) is 5.78 Å². The van der Waals surface area contributed by atoms with E-state index in [2.05, 4.69) is 5.32 Å². The second-order valence-corrected chi connectivity index (χ2v) is 5.30. The number of aliphatic hydroxyl groups is 2. The fourth-order valence-electron chi connectivity index (χ4n) is 2.89. The topological polar surface area (TPSA) is 109 Å². The van der Waals surface area contributed by atoms with Gasteiger partial charge in [0.05, 0.1) is 23.4 Å². The van der Waals surface area contributed by atoms with E-state index in [1.165, 1.54) is 13.1 Å². The molecular weight excluding hydrogens is 288 g/mol. The lowest BCUT2D eigenvalue weighted by atomic mass is 9.83. The van der Waals surface area contributed by atoms with Gasteiger partial charge in [-0.15, -0.1) is 0 Å². The number of hydrogen-bond acceptors (Lipinski definition) is 6. The van der Waals surface area contributed by atoms with Crippen LogP contribution in [0.4, 0.5) is 0 Å². The fraction of sp³-hybridized carbons (Fsp3) is 0.267. The van der Waals surface area contributed by atoms with Crippen LogP contribution in [0.15, 0.2) is 33.8 Å². The van der Waals surface area contributed by atoms with Crippen molar-refractivity contribution in [2.45, 2.75) is 19.8 Å². The van der Waals surface area contributed by atoms with Crippen molar-refractivity contribution in [1.29, 1.82) is 0 Å². The van der Waals surface area contributed by atoms with Crippen LogP contribution in [-0.4, -0.2) is 32.6 Å². The Morgan fingerprint density at radius 1 is 1.27 bits per heavy atom. The maximum absolute atomic E-state index is 12.8. The molecule has 1 aromatic heterocycles. The van der Waals surface area contributed by atoms with E-state index >= 15 is 0 Å². The Balaban J connectivity index is 2.36. The van der Waals surface area contributed by atoms with Crippen molar-refractivity contribution in [3.8, 4) is 0 Å². The van der Waals surface area contributed by atoms with E-state index in [0.29, 0.717) is 5.57 Å². The highest BCUT2D eigenvalue weighted by Crippen LogP contribution is 2.32. The second kappa shape index (κ2) is 4.75. The van der Waals surface area contributed by atoms with Crippen molar-refractivity contribution in [3.05, 3.63) is 56.2 Å². The minimum Gasteiger partial charge on any atom is -0.392 e. The molecule has 0 bridgehead atoms. The number of carbonyl (C=O) groups is 2. The highest BCUT2D eigenvalue weighted by molar-refractivity contribution is 6.28. The lowest BCUT2D eigenvalue weighted by Crippen LogP contribution is -2.42. The van der Waals surface area contributed by atoms with Gasteiger partial charge in [0.1, 0.15) is 11.9 Å². The lowest BCUT2D eigenvalue weighted by molar-refractivity contribution is 0.0940. The monoisotopic (exact) mass is 302 g/mol. The number of fused-ring (bicyclic) bond motifs is 1. The van der Waals surface area contributed by atoms with Crippen LogP contribution in [0.3, 0.4) is 0 Å². The molecule has 1 aliphatic heterocycles. The molecule has 2 aliphatic rings. The minimum absolute atomic E-state index is 0.0184. The Kier molecular flexibility index (Phi) is 3.12. The van der Waals surface area contributed by atoms with E-state index in [4.69, 9.17) is 0 Å². The first-order valence-electron chi connectivity index (χ1n) is 6.67. The third kappa shape index (κ3) is 1.79. The van der Waals surface area contributed by atoms with Gasteiger partial charge in [0.15, 0.2) is 5.78 Å². The lowest BCUT2D eigenvalue weighted by Gasteiger charge is -2.29. The Labute approximate surface area is 125 Å². The van der Waals surface area contributed by atoms with Gasteiger partial charge in [0.25, 0.3) is 5.56 Å². The van der Waals surface area contributed by atoms with Gasteiger partial charge in [0, 0.05) is 13.1 Å². The van der Waals surface area contributed by atoms with Crippen LogP contribution in [0.25, 0.3) is 0 Å². The van der Waals surface area contributed by atoms with Crippen LogP contribution in [-0.2, 0) is 13.7 Å². The number of pyridine rings is 1. The first kappa shape index (κ1) is 14.4. The van der Waals surface area contributed by atoms with Crippen LogP contribution in [0.1, 0.15) is 33.3 Å². The van der Waals surface area contributed by atoms with Crippen LogP contribution in [0, 0.1) is 0 Å². The maximum Gasteiger partial charge on any atom is 0.251 e. The fourth-order valence-corrected chi connectivity index (χ4v) is 2.89. The Morgan fingerprint density at radius 2 is 1.95 bits per heavy atom. The van der Waals surface area contributed by atoms with Gasteiger partial charge >= 0.3 is 0 Å². The summed E-state index contributed by atoms with van der Waals surface area (Å²) in [4.78, 5) is 37.3. The van der Waals surface area contributed by atoms with Gasteiger partial charge in [-0.1, -0.05) is 0 Å². The van der Waals surface area contributed by atoms with E-state index in [0.717, 1.165) is 10.6 Å². The van der Waals surface area contributed by atoms with Crippen LogP contribution in [0.2, 0.25) is 0 Å². The molecule has 0 saturated carbocycles. The predicted molar refractivity (Wildman–Crippen MR) is 76.2 cm³/mol. The summed E-state index contributed by atoms with van der Waals surface area (Å²) in [6.45, 7) is 1.11. The molecule has 7 heteroatoms. The third-order valence-corrected chi connectivity index (χ3v) is 3.93. The molecule has 114 valence electrons. The maximum atomic E-state index is 12.8. The average Bonchev–Trinajstić information content (AvgIpc) is 2.46. The van der Waals surface area contributed by atoms with Crippen LogP contribution < -0.4 is 10.9 Å². The number of nitrogens with one attached hydrogen (secondary N) is 1.